The van der Waals surface area contributed by atoms with Crippen LogP contribution in [0.2, 0.25) is 0 Å². The lowest BCUT2D eigenvalue weighted by Crippen LogP contribution is -2.42. The molecular formula is C17H24O4. The van der Waals surface area contributed by atoms with Gasteiger partial charge in [-0.25, -0.2) is 0 Å². The van der Waals surface area contributed by atoms with E-state index in [-0.39, 0.29) is 12.6 Å². The number of carbonyl (C=O) groups excluding carboxylic acids is 1. The zero-order chi connectivity index (χ0) is 15.3. The number of ether oxygens (including phenoxy) is 3. The molecule has 0 amide bonds. The van der Waals surface area contributed by atoms with Crippen LogP contribution < -0.4 is 0 Å². The molecule has 1 aliphatic rings. The standard InChI is InChI=1S/C17H24O4/c1-4-8-15(18)19-12-17(13-20-16(2,3)21-17)11-14-9-6-5-7-10-14/h5-7,9-10H,4,8,11-13H2,1-3H3. The fourth-order valence-corrected chi connectivity index (χ4v) is 2.55. The molecule has 1 aromatic rings. The van der Waals surface area contributed by atoms with Gasteiger partial charge in [0, 0.05) is 12.8 Å². The van der Waals surface area contributed by atoms with Crippen LogP contribution in [0.1, 0.15) is 39.2 Å². The highest BCUT2D eigenvalue weighted by Gasteiger charge is 2.46. The van der Waals surface area contributed by atoms with Gasteiger partial charge >= 0.3 is 5.97 Å². The van der Waals surface area contributed by atoms with Crippen molar-refractivity contribution in [3.05, 3.63) is 35.9 Å². The SMILES string of the molecule is CCCC(=O)OCC1(Cc2ccccc2)COC(C)(C)O1. The Morgan fingerprint density at radius 2 is 2.00 bits per heavy atom. The molecule has 1 saturated heterocycles. The largest absolute Gasteiger partial charge is 0.462 e. The van der Waals surface area contributed by atoms with E-state index in [9.17, 15) is 4.79 Å². The van der Waals surface area contributed by atoms with Crippen LogP contribution in [0.5, 0.6) is 0 Å². The molecule has 0 aliphatic carbocycles. The van der Waals surface area contributed by atoms with Crippen molar-refractivity contribution in [1.29, 1.82) is 0 Å². The summed E-state index contributed by atoms with van der Waals surface area (Å²) in [5.41, 5.74) is 0.541. The van der Waals surface area contributed by atoms with Crippen molar-refractivity contribution in [1.82, 2.24) is 0 Å². The van der Waals surface area contributed by atoms with E-state index in [1.807, 2.05) is 51.1 Å². The molecule has 1 unspecified atom stereocenters. The first-order valence-electron chi connectivity index (χ1n) is 7.48. The van der Waals surface area contributed by atoms with E-state index < -0.39 is 11.4 Å². The first-order valence-corrected chi connectivity index (χ1v) is 7.48. The maximum Gasteiger partial charge on any atom is 0.305 e. The Morgan fingerprint density at radius 3 is 2.57 bits per heavy atom. The average molecular weight is 292 g/mol. The minimum absolute atomic E-state index is 0.182. The zero-order valence-electron chi connectivity index (χ0n) is 13.1. The fraction of sp³-hybridized carbons (Fsp3) is 0.588. The number of esters is 1. The summed E-state index contributed by atoms with van der Waals surface area (Å²) in [6.07, 6.45) is 1.88. The first kappa shape index (κ1) is 16.0. The second-order valence-electron chi connectivity index (χ2n) is 6.05. The minimum atomic E-state index is -0.647. The van der Waals surface area contributed by atoms with Gasteiger partial charge in [-0.3, -0.25) is 4.79 Å². The predicted octanol–water partition coefficient (Wildman–Crippen LogP) is 3.09. The topological polar surface area (TPSA) is 44.8 Å². The predicted molar refractivity (Wildman–Crippen MR) is 79.9 cm³/mol. The van der Waals surface area contributed by atoms with Crippen LogP contribution in [0.3, 0.4) is 0 Å². The van der Waals surface area contributed by atoms with Gasteiger partial charge in [0.25, 0.3) is 0 Å². The number of rotatable bonds is 6. The molecule has 1 fully saturated rings. The molecule has 4 nitrogen and oxygen atoms in total. The minimum Gasteiger partial charge on any atom is -0.462 e. The van der Waals surface area contributed by atoms with Crippen molar-refractivity contribution < 1.29 is 19.0 Å². The summed E-state index contributed by atoms with van der Waals surface area (Å²) >= 11 is 0. The first-order chi connectivity index (χ1) is 9.95. The molecule has 1 aliphatic heterocycles. The van der Waals surface area contributed by atoms with Gasteiger partial charge in [-0.15, -0.1) is 0 Å². The van der Waals surface area contributed by atoms with Gasteiger partial charge in [-0.05, 0) is 25.8 Å². The Balaban J connectivity index is 2.07. The maximum absolute atomic E-state index is 11.6. The number of benzene rings is 1. The molecule has 1 aromatic carbocycles. The van der Waals surface area contributed by atoms with Crippen LogP contribution in [0, 0.1) is 0 Å². The van der Waals surface area contributed by atoms with E-state index >= 15 is 0 Å². The lowest BCUT2D eigenvalue weighted by atomic mass is 9.96. The van der Waals surface area contributed by atoms with Crippen LogP contribution in [0.25, 0.3) is 0 Å². The van der Waals surface area contributed by atoms with Crippen molar-refractivity contribution >= 4 is 5.97 Å². The van der Waals surface area contributed by atoms with Gasteiger partial charge in [0.2, 0.25) is 0 Å². The third-order valence-electron chi connectivity index (χ3n) is 3.46. The summed E-state index contributed by atoms with van der Waals surface area (Å²) in [6.45, 7) is 6.37. The molecule has 1 heterocycles. The third kappa shape index (κ3) is 4.55. The molecule has 0 spiro atoms. The Hall–Kier alpha value is -1.39. The van der Waals surface area contributed by atoms with E-state index in [4.69, 9.17) is 14.2 Å². The molecule has 0 radical (unpaired) electrons. The normalized spacial score (nSPS) is 24.0. The monoisotopic (exact) mass is 292 g/mol. The lowest BCUT2D eigenvalue weighted by Gasteiger charge is -2.29. The Bertz CT molecular complexity index is 469. The molecule has 116 valence electrons. The average Bonchev–Trinajstić information content (AvgIpc) is 2.74. The molecule has 0 bridgehead atoms. The molecule has 0 aromatic heterocycles. The van der Waals surface area contributed by atoms with E-state index in [0.29, 0.717) is 19.4 Å². The van der Waals surface area contributed by atoms with E-state index in [1.54, 1.807) is 0 Å². The van der Waals surface area contributed by atoms with E-state index in [2.05, 4.69) is 0 Å². The van der Waals surface area contributed by atoms with E-state index in [0.717, 1.165) is 12.0 Å². The van der Waals surface area contributed by atoms with Gasteiger partial charge in [0.1, 0.15) is 12.2 Å². The van der Waals surface area contributed by atoms with Gasteiger partial charge in [0.05, 0.1) is 6.61 Å². The quantitative estimate of drug-likeness (QED) is 0.756. The summed E-state index contributed by atoms with van der Waals surface area (Å²) in [4.78, 5) is 11.6. The summed E-state index contributed by atoms with van der Waals surface area (Å²) in [5, 5.41) is 0. The Labute approximate surface area is 126 Å². The number of hydrogen-bond donors (Lipinski definition) is 0. The second kappa shape index (κ2) is 6.58. The van der Waals surface area contributed by atoms with Crippen molar-refractivity contribution in [3.8, 4) is 0 Å². The van der Waals surface area contributed by atoms with Crippen molar-refractivity contribution in [2.75, 3.05) is 13.2 Å². The van der Waals surface area contributed by atoms with Gasteiger partial charge < -0.3 is 14.2 Å². The third-order valence-corrected chi connectivity index (χ3v) is 3.46. The van der Waals surface area contributed by atoms with Crippen molar-refractivity contribution in [3.63, 3.8) is 0 Å². The number of carbonyl (C=O) groups is 1. The van der Waals surface area contributed by atoms with Crippen LogP contribution >= 0.6 is 0 Å². The van der Waals surface area contributed by atoms with E-state index in [1.165, 1.54) is 0 Å². The Morgan fingerprint density at radius 1 is 1.29 bits per heavy atom. The summed E-state index contributed by atoms with van der Waals surface area (Å²) in [5.74, 6) is -0.829. The lowest BCUT2D eigenvalue weighted by molar-refractivity contribution is -0.179. The van der Waals surface area contributed by atoms with Crippen molar-refractivity contribution in [2.24, 2.45) is 0 Å². The number of hydrogen-bond acceptors (Lipinski definition) is 4. The summed E-state index contributed by atoms with van der Waals surface area (Å²) < 4.78 is 17.2. The second-order valence-corrected chi connectivity index (χ2v) is 6.05. The van der Waals surface area contributed by atoms with Gasteiger partial charge in [-0.1, -0.05) is 37.3 Å². The van der Waals surface area contributed by atoms with Gasteiger partial charge in [-0.2, -0.15) is 0 Å². The molecule has 2 rings (SSSR count). The van der Waals surface area contributed by atoms with Crippen LogP contribution in [-0.2, 0) is 25.4 Å². The highest BCUT2D eigenvalue weighted by molar-refractivity contribution is 5.69. The molecule has 4 heteroatoms. The zero-order valence-corrected chi connectivity index (χ0v) is 13.1. The summed E-state index contributed by atoms with van der Waals surface area (Å²) in [6, 6.07) is 10.1. The fourth-order valence-electron chi connectivity index (χ4n) is 2.55. The molecule has 0 N–H and O–H groups in total. The smallest absolute Gasteiger partial charge is 0.305 e. The van der Waals surface area contributed by atoms with Crippen LogP contribution in [0.15, 0.2) is 30.3 Å². The highest BCUT2D eigenvalue weighted by Crippen LogP contribution is 2.34. The molecule has 0 saturated carbocycles. The maximum atomic E-state index is 11.6. The molecule has 1 atom stereocenters. The Kier molecular flexibility index (Phi) is 5.01. The molecular weight excluding hydrogens is 268 g/mol. The molecule has 21 heavy (non-hydrogen) atoms. The van der Waals surface area contributed by atoms with Gasteiger partial charge in [0.15, 0.2) is 5.79 Å². The highest BCUT2D eigenvalue weighted by atomic mass is 16.8. The van der Waals surface area contributed by atoms with Crippen LogP contribution in [-0.4, -0.2) is 30.6 Å². The van der Waals surface area contributed by atoms with Crippen LogP contribution in [0.4, 0.5) is 0 Å². The summed E-state index contributed by atoms with van der Waals surface area (Å²) in [7, 11) is 0. The van der Waals surface area contributed by atoms with Crippen molar-refractivity contribution in [2.45, 2.75) is 51.4 Å².